The Kier molecular flexibility index (Phi) is 7.63. The molecule has 3 rings (SSSR count). The molecule has 4 heteroatoms. The van der Waals surface area contributed by atoms with Crippen LogP contribution in [0.2, 0.25) is 0 Å². The van der Waals surface area contributed by atoms with Crippen molar-refractivity contribution in [2.75, 3.05) is 32.7 Å². The lowest BCUT2D eigenvalue weighted by Gasteiger charge is -2.34. The molecule has 1 atom stereocenters. The lowest BCUT2D eigenvalue weighted by atomic mass is 9.95. The molecule has 2 aromatic rings. The number of nitrogens with one attached hydrogen (secondary N) is 1. The Hall–Kier alpha value is -2.17. The summed E-state index contributed by atoms with van der Waals surface area (Å²) in [6.07, 6.45) is 0.805. The van der Waals surface area contributed by atoms with Crippen LogP contribution in [0.5, 0.6) is 0 Å². The molecule has 0 spiro atoms. The van der Waals surface area contributed by atoms with Crippen molar-refractivity contribution < 1.29 is 4.79 Å². The minimum Gasteiger partial charge on any atom is -0.351 e. The Morgan fingerprint density at radius 1 is 0.893 bits per heavy atom. The quantitative estimate of drug-likeness (QED) is 0.761. The minimum atomic E-state index is -0.0875. The van der Waals surface area contributed by atoms with Gasteiger partial charge in [0.1, 0.15) is 0 Å². The number of hydrogen-bond donors (Lipinski definition) is 1. The van der Waals surface area contributed by atoms with Gasteiger partial charge in [0, 0.05) is 39.3 Å². The van der Waals surface area contributed by atoms with Crippen LogP contribution < -0.4 is 5.32 Å². The van der Waals surface area contributed by atoms with Gasteiger partial charge < -0.3 is 10.2 Å². The van der Waals surface area contributed by atoms with Gasteiger partial charge in [0.15, 0.2) is 0 Å². The molecule has 1 unspecified atom stereocenters. The molecule has 4 nitrogen and oxygen atoms in total. The van der Waals surface area contributed by atoms with Gasteiger partial charge in [-0.05, 0) is 29.7 Å². The highest BCUT2D eigenvalue weighted by Gasteiger charge is 2.19. The van der Waals surface area contributed by atoms with Crippen molar-refractivity contribution in [1.29, 1.82) is 0 Å². The zero-order valence-corrected chi connectivity index (χ0v) is 17.2. The number of benzene rings is 2. The highest BCUT2D eigenvalue weighted by Crippen LogP contribution is 2.20. The number of hydrogen-bond acceptors (Lipinski definition) is 3. The van der Waals surface area contributed by atoms with Gasteiger partial charge >= 0.3 is 0 Å². The Bertz CT molecular complexity index is 739. The third-order valence-corrected chi connectivity index (χ3v) is 5.80. The van der Waals surface area contributed by atoms with E-state index in [4.69, 9.17) is 0 Å². The molecule has 28 heavy (non-hydrogen) atoms. The average Bonchev–Trinajstić information content (AvgIpc) is 2.75. The van der Waals surface area contributed by atoms with Crippen LogP contribution in [0.4, 0.5) is 0 Å². The molecule has 1 N–H and O–H groups in total. The van der Waals surface area contributed by atoms with E-state index in [0.29, 0.717) is 6.54 Å². The SMILES string of the molecule is CCC(C(=O)NCc1ccccc1CN1CCN(CC)CC1)c1ccccc1. The number of likely N-dealkylation sites (N-methyl/N-ethyl adjacent to an activating group) is 1. The third-order valence-electron chi connectivity index (χ3n) is 5.80. The average molecular weight is 380 g/mol. The molecule has 1 aliphatic heterocycles. The predicted molar refractivity (Wildman–Crippen MR) is 115 cm³/mol. The lowest BCUT2D eigenvalue weighted by molar-refractivity contribution is -0.122. The van der Waals surface area contributed by atoms with Crippen LogP contribution in [0.15, 0.2) is 54.6 Å². The summed E-state index contributed by atoms with van der Waals surface area (Å²) in [5.41, 5.74) is 3.63. The van der Waals surface area contributed by atoms with Gasteiger partial charge in [-0.25, -0.2) is 0 Å². The van der Waals surface area contributed by atoms with E-state index in [9.17, 15) is 4.79 Å². The largest absolute Gasteiger partial charge is 0.351 e. The van der Waals surface area contributed by atoms with Crippen LogP contribution in [-0.2, 0) is 17.9 Å². The summed E-state index contributed by atoms with van der Waals surface area (Å²) in [5.74, 6) is 0.0237. The maximum Gasteiger partial charge on any atom is 0.227 e. The number of amides is 1. The third kappa shape index (κ3) is 5.43. The molecular formula is C24H33N3O. The van der Waals surface area contributed by atoms with Crippen LogP contribution in [0, 0.1) is 0 Å². The summed E-state index contributed by atoms with van der Waals surface area (Å²) in [7, 11) is 0. The minimum absolute atomic E-state index is 0.0875. The molecule has 1 aliphatic rings. The normalized spacial score (nSPS) is 16.6. The maximum atomic E-state index is 12.8. The highest BCUT2D eigenvalue weighted by molar-refractivity contribution is 5.83. The summed E-state index contributed by atoms with van der Waals surface area (Å²) in [6, 6.07) is 18.6. The van der Waals surface area contributed by atoms with E-state index < -0.39 is 0 Å². The van der Waals surface area contributed by atoms with Crippen molar-refractivity contribution in [2.45, 2.75) is 39.3 Å². The van der Waals surface area contributed by atoms with Crippen molar-refractivity contribution in [3.8, 4) is 0 Å². The monoisotopic (exact) mass is 379 g/mol. The fourth-order valence-electron chi connectivity index (χ4n) is 3.95. The molecule has 0 aromatic heterocycles. The van der Waals surface area contributed by atoms with E-state index in [1.54, 1.807) is 0 Å². The Labute approximate surface area is 169 Å². The molecule has 0 radical (unpaired) electrons. The van der Waals surface area contributed by atoms with Crippen LogP contribution in [-0.4, -0.2) is 48.4 Å². The molecule has 1 fully saturated rings. The second-order valence-electron chi connectivity index (χ2n) is 7.57. The highest BCUT2D eigenvalue weighted by atomic mass is 16.1. The van der Waals surface area contributed by atoms with E-state index in [0.717, 1.165) is 51.3 Å². The topological polar surface area (TPSA) is 35.6 Å². The Balaban J connectivity index is 1.59. The van der Waals surface area contributed by atoms with Gasteiger partial charge in [0.2, 0.25) is 5.91 Å². The van der Waals surface area contributed by atoms with Crippen LogP contribution in [0.1, 0.15) is 42.9 Å². The molecule has 0 aliphatic carbocycles. The molecule has 0 bridgehead atoms. The first kappa shape index (κ1) is 20.6. The zero-order valence-electron chi connectivity index (χ0n) is 17.2. The number of nitrogens with zero attached hydrogens (tertiary/aromatic N) is 2. The zero-order chi connectivity index (χ0) is 19.8. The summed E-state index contributed by atoms with van der Waals surface area (Å²) < 4.78 is 0. The molecular weight excluding hydrogens is 346 g/mol. The van der Waals surface area contributed by atoms with Crippen molar-refractivity contribution in [2.24, 2.45) is 0 Å². The number of piperazine rings is 1. The molecule has 1 amide bonds. The predicted octanol–water partition coefficient (Wildman–Crippen LogP) is 3.63. The second kappa shape index (κ2) is 10.4. The van der Waals surface area contributed by atoms with E-state index in [1.807, 2.05) is 30.3 Å². The number of rotatable bonds is 8. The van der Waals surface area contributed by atoms with E-state index in [-0.39, 0.29) is 11.8 Å². The first-order valence-corrected chi connectivity index (χ1v) is 10.5. The Morgan fingerprint density at radius 3 is 2.14 bits per heavy atom. The fourth-order valence-corrected chi connectivity index (χ4v) is 3.95. The molecule has 1 heterocycles. The number of carbonyl (C=O) groups excluding carboxylic acids is 1. The van der Waals surface area contributed by atoms with Crippen molar-refractivity contribution in [3.63, 3.8) is 0 Å². The molecule has 150 valence electrons. The van der Waals surface area contributed by atoms with Crippen LogP contribution in [0.3, 0.4) is 0 Å². The van der Waals surface area contributed by atoms with Crippen LogP contribution in [0.25, 0.3) is 0 Å². The second-order valence-corrected chi connectivity index (χ2v) is 7.57. The fraction of sp³-hybridized carbons (Fsp3) is 0.458. The van der Waals surface area contributed by atoms with Crippen molar-refractivity contribution >= 4 is 5.91 Å². The van der Waals surface area contributed by atoms with E-state index in [1.165, 1.54) is 11.1 Å². The summed E-state index contributed by atoms with van der Waals surface area (Å²) in [4.78, 5) is 17.8. The van der Waals surface area contributed by atoms with Crippen LogP contribution >= 0.6 is 0 Å². The lowest BCUT2D eigenvalue weighted by Crippen LogP contribution is -2.45. The molecule has 2 aromatic carbocycles. The van der Waals surface area contributed by atoms with E-state index in [2.05, 4.69) is 53.2 Å². The van der Waals surface area contributed by atoms with Gasteiger partial charge in [-0.2, -0.15) is 0 Å². The summed E-state index contributed by atoms with van der Waals surface area (Å²) in [6.45, 7) is 11.5. The van der Waals surface area contributed by atoms with Gasteiger partial charge in [-0.15, -0.1) is 0 Å². The molecule has 0 saturated carbocycles. The Morgan fingerprint density at radius 2 is 1.50 bits per heavy atom. The standard InChI is InChI=1S/C24H33N3O/c1-3-23(20-10-6-5-7-11-20)24(28)25-18-21-12-8-9-13-22(21)19-27-16-14-26(4-2)15-17-27/h5-13,23H,3-4,14-19H2,1-2H3,(H,25,28). The van der Waals surface area contributed by atoms with Gasteiger partial charge in [0.05, 0.1) is 5.92 Å². The summed E-state index contributed by atoms with van der Waals surface area (Å²) in [5, 5.41) is 3.18. The maximum absolute atomic E-state index is 12.8. The van der Waals surface area contributed by atoms with Gasteiger partial charge in [0.25, 0.3) is 0 Å². The van der Waals surface area contributed by atoms with Gasteiger partial charge in [-0.1, -0.05) is 68.4 Å². The summed E-state index contributed by atoms with van der Waals surface area (Å²) >= 11 is 0. The van der Waals surface area contributed by atoms with Crippen molar-refractivity contribution in [1.82, 2.24) is 15.1 Å². The first-order valence-electron chi connectivity index (χ1n) is 10.5. The molecule has 1 saturated heterocycles. The van der Waals surface area contributed by atoms with E-state index >= 15 is 0 Å². The smallest absolute Gasteiger partial charge is 0.227 e. The van der Waals surface area contributed by atoms with Crippen molar-refractivity contribution in [3.05, 3.63) is 71.3 Å². The number of carbonyl (C=O) groups is 1. The van der Waals surface area contributed by atoms with Gasteiger partial charge in [-0.3, -0.25) is 9.69 Å². The first-order chi connectivity index (χ1) is 13.7.